The molecular formula is C19H25N3O3. The average molecular weight is 343 g/mol. The lowest BCUT2D eigenvalue weighted by molar-refractivity contribution is 0.305. The molecule has 0 radical (unpaired) electrons. The number of aromatic nitrogens is 2. The smallest absolute Gasteiger partial charge is 0.251 e. The summed E-state index contributed by atoms with van der Waals surface area (Å²) in [6, 6.07) is 7.70. The quantitative estimate of drug-likeness (QED) is 0.873. The molecular weight excluding hydrogens is 318 g/mol. The van der Waals surface area contributed by atoms with E-state index < -0.39 is 0 Å². The van der Waals surface area contributed by atoms with Crippen LogP contribution in [0.4, 0.5) is 0 Å². The van der Waals surface area contributed by atoms with E-state index in [-0.39, 0.29) is 5.56 Å². The number of nitrogens with zero attached hydrogens (tertiary/aromatic N) is 2. The van der Waals surface area contributed by atoms with Gasteiger partial charge >= 0.3 is 0 Å². The fourth-order valence-electron chi connectivity index (χ4n) is 3.38. The Morgan fingerprint density at radius 3 is 2.88 bits per heavy atom. The van der Waals surface area contributed by atoms with E-state index in [1.54, 1.807) is 13.2 Å². The Balaban J connectivity index is 1.68. The number of likely N-dealkylation sites (tertiary alicyclic amines) is 1. The van der Waals surface area contributed by atoms with Crippen LogP contribution in [0.5, 0.6) is 11.5 Å². The summed E-state index contributed by atoms with van der Waals surface area (Å²) in [7, 11) is 1.65. The Morgan fingerprint density at radius 1 is 1.32 bits per heavy atom. The van der Waals surface area contributed by atoms with Crippen LogP contribution < -0.4 is 15.0 Å². The maximum Gasteiger partial charge on any atom is 0.251 e. The number of nitrogens with one attached hydrogen (secondary N) is 1. The molecule has 6 nitrogen and oxygen atoms in total. The third-order valence-electron chi connectivity index (χ3n) is 4.50. The summed E-state index contributed by atoms with van der Waals surface area (Å²) in [6.45, 7) is 7.15. The van der Waals surface area contributed by atoms with Gasteiger partial charge in [0.2, 0.25) is 0 Å². The minimum Gasteiger partial charge on any atom is -0.493 e. The van der Waals surface area contributed by atoms with E-state index in [4.69, 9.17) is 9.47 Å². The second-order valence-corrected chi connectivity index (χ2v) is 6.39. The number of benzene rings is 1. The maximum atomic E-state index is 11.7. The van der Waals surface area contributed by atoms with Gasteiger partial charge in [-0.15, -0.1) is 0 Å². The van der Waals surface area contributed by atoms with E-state index in [0.717, 1.165) is 43.2 Å². The summed E-state index contributed by atoms with van der Waals surface area (Å²) < 4.78 is 11.0. The zero-order valence-corrected chi connectivity index (χ0v) is 15.0. The summed E-state index contributed by atoms with van der Waals surface area (Å²) in [4.78, 5) is 21.3. The van der Waals surface area contributed by atoms with Gasteiger partial charge in [-0.2, -0.15) is 0 Å². The van der Waals surface area contributed by atoms with E-state index in [9.17, 15) is 4.79 Å². The highest BCUT2D eigenvalue weighted by Gasteiger charge is 2.25. The number of H-pyrrole nitrogens is 1. The Bertz CT molecular complexity index is 788. The molecule has 134 valence electrons. The monoisotopic (exact) mass is 343 g/mol. The standard InChI is InChI=1S/C19H25N3O3/c1-4-25-18-9-14(5-6-17(18)24-3)11-22-8-7-15(12-22)16-10-19(23)21-13(2)20-16/h5-6,9-10,15H,4,7-8,11-12H2,1-3H3,(H,20,21,23)/t15-/m0/s1. The number of hydrogen-bond acceptors (Lipinski definition) is 5. The summed E-state index contributed by atoms with van der Waals surface area (Å²) in [6.07, 6.45) is 1.02. The van der Waals surface area contributed by atoms with Gasteiger partial charge < -0.3 is 14.5 Å². The molecule has 1 fully saturated rings. The molecule has 0 spiro atoms. The molecule has 3 rings (SSSR count). The second-order valence-electron chi connectivity index (χ2n) is 6.39. The molecule has 1 saturated heterocycles. The van der Waals surface area contributed by atoms with E-state index in [1.165, 1.54) is 5.56 Å². The van der Waals surface area contributed by atoms with Crippen LogP contribution in [0.15, 0.2) is 29.1 Å². The molecule has 25 heavy (non-hydrogen) atoms. The first kappa shape index (κ1) is 17.5. The molecule has 1 aliphatic rings. The van der Waals surface area contributed by atoms with Crippen molar-refractivity contribution in [2.45, 2.75) is 32.7 Å². The van der Waals surface area contributed by atoms with Crippen LogP contribution in [0.2, 0.25) is 0 Å². The number of aryl methyl sites for hydroxylation is 1. The summed E-state index contributed by atoms with van der Waals surface area (Å²) in [5.41, 5.74) is 2.02. The number of aromatic amines is 1. The molecule has 1 aliphatic heterocycles. The summed E-state index contributed by atoms with van der Waals surface area (Å²) in [5.74, 6) is 2.53. The first-order valence-corrected chi connectivity index (χ1v) is 8.69. The third kappa shape index (κ3) is 4.20. The van der Waals surface area contributed by atoms with Crippen molar-refractivity contribution in [2.24, 2.45) is 0 Å². The number of methoxy groups -OCH3 is 1. The molecule has 0 aliphatic carbocycles. The van der Waals surface area contributed by atoms with Crippen molar-refractivity contribution >= 4 is 0 Å². The highest BCUT2D eigenvalue weighted by atomic mass is 16.5. The largest absolute Gasteiger partial charge is 0.493 e. The summed E-state index contributed by atoms with van der Waals surface area (Å²) in [5, 5.41) is 0. The van der Waals surface area contributed by atoms with E-state index in [0.29, 0.717) is 18.3 Å². The van der Waals surface area contributed by atoms with Crippen molar-refractivity contribution in [1.82, 2.24) is 14.9 Å². The highest BCUT2D eigenvalue weighted by molar-refractivity contribution is 5.43. The van der Waals surface area contributed by atoms with Crippen molar-refractivity contribution in [3.63, 3.8) is 0 Å². The lowest BCUT2D eigenvalue weighted by atomic mass is 10.0. The Labute approximate surface area is 147 Å². The lowest BCUT2D eigenvalue weighted by Gasteiger charge is -2.17. The van der Waals surface area contributed by atoms with Gasteiger partial charge in [-0.1, -0.05) is 6.07 Å². The van der Waals surface area contributed by atoms with E-state index >= 15 is 0 Å². The first-order chi connectivity index (χ1) is 12.1. The van der Waals surface area contributed by atoms with Crippen molar-refractivity contribution in [1.29, 1.82) is 0 Å². The Hall–Kier alpha value is -2.34. The van der Waals surface area contributed by atoms with Crippen molar-refractivity contribution in [2.75, 3.05) is 26.8 Å². The number of ether oxygens (including phenoxy) is 2. The van der Waals surface area contributed by atoms with Gasteiger partial charge in [0.1, 0.15) is 5.82 Å². The lowest BCUT2D eigenvalue weighted by Crippen LogP contribution is -2.21. The average Bonchev–Trinajstić information content (AvgIpc) is 3.03. The van der Waals surface area contributed by atoms with Crippen molar-refractivity contribution in [3.05, 3.63) is 51.7 Å². The minimum absolute atomic E-state index is 0.0718. The molecule has 1 aromatic carbocycles. The van der Waals surface area contributed by atoms with Gasteiger partial charge in [0.15, 0.2) is 11.5 Å². The number of hydrogen-bond donors (Lipinski definition) is 1. The van der Waals surface area contributed by atoms with Gasteiger partial charge in [0, 0.05) is 25.1 Å². The SMILES string of the molecule is CCOc1cc(CN2CC[C@H](c3cc(=O)[nH]c(C)n3)C2)ccc1OC. The van der Waals surface area contributed by atoms with Crippen LogP contribution in [-0.2, 0) is 6.54 Å². The molecule has 0 unspecified atom stereocenters. The second kappa shape index (κ2) is 7.70. The van der Waals surface area contributed by atoms with Crippen LogP contribution in [0.25, 0.3) is 0 Å². The predicted molar refractivity (Wildman–Crippen MR) is 96.4 cm³/mol. The molecule has 0 amide bonds. The Morgan fingerprint density at radius 2 is 2.16 bits per heavy atom. The zero-order chi connectivity index (χ0) is 17.8. The molecule has 0 bridgehead atoms. The maximum absolute atomic E-state index is 11.7. The van der Waals surface area contributed by atoms with Crippen LogP contribution in [-0.4, -0.2) is 41.7 Å². The van der Waals surface area contributed by atoms with Crippen LogP contribution in [0, 0.1) is 6.92 Å². The molecule has 0 saturated carbocycles. The third-order valence-corrected chi connectivity index (χ3v) is 4.50. The van der Waals surface area contributed by atoms with Crippen LogP contribution in [0.3, 0.4) is 0 Å². The molecule has 1 N–H and O–H groups in total. The van der Waals surface area contributed by atoms with Gasteiger partial charge in [0.25, 0.3) is 5.56 Å². The van der Waals surface area contributed by atoms with Gasteiger partial charge in [0.05, 0.1) is 19.4 Å². The molecule has 1 aromatic heterocycles. The molecule has 1 atom stereocenters. The molecule has 2 heterocycles. The fraction of sp³-hybridized carbons (Fsp3) is 0.474. The van der Waals surface area contributed by atoms with Crippen molar-refractivity contribution < 1.29 is 9.47 Å². The predicted octanol–water partition coefficient (Wildman–Crippen LogP) is 2.48. The van der Waals surface area contributed by atoms with E-state index in [2.05, 4.69) is 20.9 Å². The zero-order valence-electron chi connectivity index (χ0n) is 15.0. The Kier molecular flexibility index (Phi) is 5.38. The van der Waals surface area contributed by atoms with Crippen LogP contribution in [0.1, 0.15) is 36.3 Å². The van der Waals surface area contributed by atoms with E-state index in [1.807, 2.05) is 26.0 Å². The molecule has 6 heteroatoms. The number of rotatable bonds is 6. The van der Waals surface area contributed by atoms with Gasteiger partial charge in [-0.3, -0.25) is 9.69 Å². The fourth-order valence-corrected chi connectivity index (χ4v) is 3.38. The highest BCUT2D eigenvalue weighted by Crippen LogP contribution is 2.30. The molecule has 2 aromatic rings. The van der Waals surface area contributed by atoms with Gasteiger partial charge in [-0.05, 0) is 44.5 Å². The topological polar surface area (TPSA) is 67.5 Å². The normalized spacial score (nSPS) is 17.6. The van der Waals surface area contributed by atoms with Gasteiger partial charge in [-0.25, -0.2) is 4.98 Å². The van der Waals surface area contributed by atoms with Crippen LogP contribution >= 0.6 is 0 Å². The van der Waals surface area contributed by atoms with Crippen molar-refractivity contribution in [3.8, 4) is 11.5 Å². The summed E-state index contributed by atoms with van der Waals surface area (Å²) >= 11 is 0. The first-order valence-electron chi connectivity index (χ1n) is 8.69. The minimum atomic E-state index is -0.0718.